The lowest BCUT2D eigenvalue weighted by Gasteiger charge is -2.33. The Morgan fingerprint density at radius 3 is 2.65 bits per heavy atom. The molecule has 1 atom stereocenters. The van der Waals surface area contributed by atoms with Gasteiger partial charge in [-0.15, -0.1) is 0 Å². The van der Waals surface area contributed by atoms with E-state index in [1.165, 1.54) is 5.56 Å². The van der Waals surface area contributed by atoms with E-state index in [0.29, 0.717) is 0 Å². The average molecular weight is 318 g/mol. The van der Waals surface area contributed by atoms with Crippen molar-refractivity contribution < 1.29 is 9.15 Å². The van der Waals surface area contributed by atoms with Gasteiger partial charge in [-0.1, -0.05) is 0 Å². The zero-order valence-corrected chi connectivity index (χ0v) is 14.2. The summed E-state index contributed by atoms with van der Waals surface area (Å²) in [6.45, 7) is 11.2. The number of aryl methyl sites for hydroxylation is 3. The molecule has 0 amide bonds. The predicted octanol–water partition coefficient (Wildman–Crippen LogP) is 2.09. The molecule has 126 valence electrons. The summed E-state index contributed by atoms with van der Waals surface area (Å²) in [4.78, 5) is 2.43. The number of nitrogens with zero attached hydrogens (tertiary/aromatic N) is 2. The second-order valence-electron chi connectivity index (χ2n) is 6.16. The molecule has 0 aromatic carbocycles. The first kappa shape index (κ1) is 16.2. The maximum Gasteiger partial charge on any atom is 0.122 e. The summed E-state index contributed by atoms with van der Waals surface area (Å²) in [5, 5.41) is 10.9. The minimum atomic E-state index is 0.236. The molecule has 1 fully saturated rings. The SMILES string of the molecule is Cc1ccc([C@H](CNCc2c(C)n[nH]c2C)N2CCOCC2)o1. The number of nitrogens with one attached hydrogen (secondary N) is 2. The van der Waals surface area contributed by atoms with Crippen LogP contribution in [0.5, 0.6) is 0 Å². The molecule has 2 aromatic rings. The molecule has 6 nitrogen and oxygen atoms in total. The Bertz CT molecular complexity index is 609. The Balaban J connectivity index is 1.66. The molecular weight excluding hydrogens is 292 g/mol. The summed E-state index contributed by atoms with van der Waals surface area (Å²) in [6.07, 6.45) is 0. The van der Waals surface area contributed by atoms with Gasteiger partial charge in [0.05, 0.1) is 24.9 Å². The van der Waals surface area contributed by atoms with Gasteiger partial charge in [-0.05, 0) is 32.9 Å². The Kier molecular flexibility index (Phi) is 5.15. The number of rotatable bonds is 6. The van der Waals surface area contributed by atoms with Crippen molar-refractivity contribution in [2.45, 2.75) is 33.4 Å². The van der Waals surface area contributed by atoms with E-state index < -0.39 is 0 Å². The largest absolute Gasteiger partial charge is 0.465 e. The third kappa shape index (κ3) is 3.83. The van der Waals surface area contributed by atoms with Crippen LogP contribution in [0.25, 0.3) is 0 Å². The highest BCUT2D eigenvalue weighted by Gasteiger charge is 2.25. The van der Waals surface area contributed by atoms with Crippen LogP contribution in [0, 0.1) is 20.8 Å². The standard InChI is InChI=1S/C17H26N4O2/c1-12-4-5-17(23-12)16(21-6-8-22-9-7-21)11-18-10-15-13(2)19-20-14(15)3/h4-5,16,18H,6-11H2,1-3H3,(H,19,20)/t16-/m0/s1. The molecule has 1 aliphatic heterocycles. The first-order valence-corrected chi connectivity index (χ1v) is 8.24. The summed E-state index contributed by atoms with van der Waals surface area (Å²) in [5.74, 6) is 1.98. The number of ether oxygens (including phenoxy) is 1. The van der Waals surface area contributed by atoms with Crippen LogP contribution in [0.15, 0.2) is 16.5 Å². The smallest absolute Gasteiger partial charge is 0.122 e. The molecule has 0 bridgehead atoms. The summed E-state index contributed by atoms with van der Waals surface area (Å²) in [6, 6.07) is 4.36. The number of furan rings is 1. The molecule has 2 aromatic heterocycles. The van der Waals surface area contributed by atoms with Gasteiger partial charge in [0.15, 0.2) is 0 Å². The Hall–Kier alpha value is -1.63. The normalized spacial score (nSPS) is 17.5. The molecular formula is C17H26N4O2. The molecule has 0 spiro atoms. The van der Waals surface area contributed by atoms with E-state index in [-0.39, 0.29) is 6.04 Å². The van der Waals surface area contributed by atoms with E-state index in [1.807, 2.05) is 19.9 Å². The molecule has 1 aliphatic rings. The van der Waals surface area contributed by atoms with E-state index in [1.54, 1.807) is 0 Å². The van der Waals surface area contributed by atoms with Gasteiger partial charge in [0.2, 0.25) is 0 Å². The highest BCUT2D eigenvalue weighted by molar-refractivity contribution is 5.22. The maximum absolute atomic E-state index is 5.89. The van der Waals surface area contributed by atoms with Gasteiger partial charge < -0.3 is 14.5 Å². The summed E-state index contributed by atoms with van der Waals surface area (Å²) < 4.78 is 11.4. The van der Waals surface area contributed by atoms with E-state index in [0.717, 1.165) is 62.3 Å². The first-order valence-electron chi connectivity index (χ1n) is 8.24. The van der Waals surface area contributed by atoms with Crippen LogP contribution in [-0.4, -0.2) is 47.9 Å². The summed E-state index contributed by atoms with van der Waals surface area (Å²) in [7, 11) is 0. The molecule has 6 heteroatoms. The van der Waals surface area contributed by atoms with Gasteiger partial charge in [-0.25, -0.2) is 0 Å². The number of H-pyrrole nitrogens is 1. The number of hydrogen-bond acceptors (Lipinski definition) is 5. The zero-order valence-electron chi connectivity index (χ0n) is 14.2. The van der Waals surface area contributed by atoms with Gasteiger partial charge in [-0.2, -0.15) is 5.10 Å². The second-order valence-corrected chi connectivity index (χ2v) is 6.16. The van der Waals surface area contributed by atoms with E-state index in [2.05, 4.69) is 33.4 Å². The van der Waals surface area contributed by atoms with Crippen LogP contribution in [0.4, 0.5) is 0 Å². The van der Waals surface area contributed by atoms with Crippen molar-refractivity contribution in [3.63, 3.8) is 0 Å². The van der Waals surface area contributed by atoms with Gasteiger partial charge in [0.25, 0.3) is 0 Å². The average Bonchev–Trinajstić information content (AvgIpc) is 3.12. The Morgan fingerprint density at radius 2 is 2.04 bits per heavy atom. The van der Waals surface area contributed by atoms with Crippen LogP contribution < -0.4 is 5.32 Å². The lowest BCUT2D eigenvalue weighted by Crippen LogP contribution is -2.42. The van der Waals surface area contributed by atoms with Gasteiger partial charge >= 0.3 is 0 Å². The van der Waals surface area contributed by atoms with Crippen molar-refractivity contribution in [3.8, 4) is 0 Å². The molecule has 0 aliphatic carbocycles. The highest BCUT2D eigenvalue weighted by Crippen LogP contribution is 2.23. The predicted molar refractivity (Wildman–Crippen MR) is 88.3 cm³/mol. The number of morpholine rings is 1. The van der Waals surface area contributed by atoms with Crippen LogP contribution in [0.2, 0.25) is 0 Å². The van der Waals surface area contributed by atoms with Crippen LogP contribution in [0.3, 0.4) is 0 Å². The van der Waals surface area contributed by atoms with Crippen LogP contribution in [-0.2, 0) is 11.3 Å². The monoisotopic (exact) mass is 318 g/mol. The third-order valence-electron chi connectivity index (χ3n) is 4.50. The van der Waals surface area contributed by atoms with Crippen molar-refractivity contribution in [1.29, 1.82) is 0 Å². The molecule has 23 heavy (non-hydrogen) atoms. The highest BCUT2D eigenvalue weighted by atomic mass is 16.5. The van der Waals surface area contributed by atoms with Crippen LogP contribution in [0.1, 0.15) is 34.5 Å². The molecule has 0 unspecified atom stereocenters. The Labute approximate surface area is 137 Å². The van der Waals surface area contributed by atoms with E-state index in [9.17, 15) is 0 Å². The van der Waals surface area contributed by atoms with E-state index >= 15 is 0 Å². The van der Waals surface area contributed by atoms with Gasteiger partial charge in [-0.3, -0.25) is 10.00 Å². The van der Waals surface area contributed by atoms with E-state index in [4.69, 9.17) is 9.15 Å². The van der Waals surface area contributed by atoms with Crippen molar-refractivity contribution in [1.82, 2.24) is 20.4 Å². The van der Waals surface area contributed by atoms with Crippen molar-refractivity contribution >= 4 is 0 Å². The molecule has 3 rings (SSSR count). The van der Waals surface area contributed by atoms with Crippen molar-refractivity contribution in [3.05, 3.63) is 40.6 Å². The topological polar surface area (TPSA) is 66.3 Å². The van der Waals surface area contributed by atoms with Gasteiger partial charge in [0.1, 0.15) is 11.5 Å². The Morgan fingerprint density at radius 1 is 1.26 bits per heavy atom. The fraction of sp³-hybridized carbons (Fsp3) is 0.588. The lowest BCUT2D eigenvalue weighted by molar-refractivity contribution is 0.0115. The molecule has 0 radical (unpaired) electrons. The fourth-order valence-electron chi connectivity index (χ4n) is 3.10. The molecule has 1 saturated heterocycles. The second kappa shape index (κ2) is 7.29. The molecule has 0 saturated carbocycles. The van der Waals surface area contributed by atoms with Gasteiger partial charge in [0, 0.05) is 37.4 Å². The first-order chi connectivity index (χ1) is 11.1. The molecule has 3 heterocycles. The maximum atomic E-state index is 5.89. The number of aromatic amines is 1. The number of aromatic nitrogens is 2. The zero-order chi connectivity index (χ0) is 16.2. The minimum Gasteiger partial charge on any atom is -0.465 e. The summed E-state index contributed by atoms with van der Waals surface area (Å²) >= 11 is 0. The number of hydrogen-bond donors (Lipinski definition) is 2. The van der Waals surface area contributed by atoms with Crippen molar-refractivity contribution in [2.24, 2.45) is 0 Å². The lowest BCUT2D eigenvalue weighted by atomic mass is 10.1. The molecule has 2 N–H and O–H groups in total. The van der Waals surface area contributed by atoms with Crippen LogP contribution >= 0.6 is 0 Å². The van der Waals surface area contributed by atoms with Crippen molar-refractivity contribution in [2.75, 3.05) is 32.8 Å². The fourth-order valence-corrected chi connectivity index (χ4v) is 3.10. The minimum absolute atomic E-state index is 0.236. The quantitative estimate of drug-likeness (QED) is 0.854. The summed E-state index contributed by atoms with van der Waals surface area (Å²) in [5.41, 5.74) is 3.44. The third-order valence-corrected chi connectivity index (χ3v) is 4.50.